The number of fused-ring (bicyclic) bond motifs is 1. The number of hydrogen-bond donors (Lipinski definition) is 2. The van der Waals surface area contributed by atoms with E-state index in [2.05, 4.69) is 11.9 Å². The molecule has 0 unspecified atom stereocenters. The van der Waals surface area contributed by atoms with Crippen LogP contribution in [-0.2, 0) is 11.2 Å². The largest absolute Gasteiger partial charge is 0.478 e. The third-order valence-electron chi connectivity index (χ3n) is 2.75. The Balaban J connectivity index is 2.58. The monoisotopic (exact) mass is 243 g/mol. The van der Waals surface area contributed by atoms with Gasteiger partial charge >= 0.3 is 5.97 Å². The van der Waals surface area contributed by atoms with E-state index in [0.29, 0.717) is 5.56 Å². The minimum atomic E-state index is -1.07. The Kier molecular flexibility index (Phi) is 3.28. The molecule has 0 amide bonds. The van der Waals surface area contributed by atoms with E-state index in [1.807, 2.05) is 18.2 Å². The Morgan fingerprint density at radius 1 is 1.39 bits per heavy atom. The van der Waals surface area contributed by atoms with E-state index in [0.717, 1.165) is 23.4 Å². The minimum Gasteiger partial charge on any atom is -0.478 e. The summed E-state index contributed by atoms with van der Waals surface area (Å²) in [5.41, 5.74) is 1.98. The number of pyridine rings is 1. The van der Waals surface area contributed by atoms with Crippen molar-refractivity contribution in [2.75, 3.05) is 0 Å². The molecule has 0 saturated heterocycles. The summed E-state index contributed by atoms with van der Waals surface area (Å²) in [6.07, 6.45) is 3.18. The number of hydrogen-bond acceptors (Lipinski definition) is 2. The normalized spacial score (nSPS) is 11.2. The standard InChI is InChI=1S/C14H13NO3/c1-2-9-3-5-12-11(7-9)8-10(14(18)15-12)4-6-13(16)17/h3-8H,2H2,1H3,(H,15,18)(H,16,17)/b6-4+. The van der Waals surface area contributed by atoms with Crippen LogP contribution in [0.2, 0.25) is 0 Å². The molecule has 2 rings (SSSR count). The van der Waals surface area contributed by atoms with Gasteiger partial charge in [-0.3, -0.25) is 4.79 Å². The highest BCUT2D eigenvalue weighted by atomic mass is 16.4. The number of carboxylic acids is 1. The molecule has 0 aliphatic carbocycles. The molecule has 4 nitrogen and oxygen atoms in total. The highest BCUT2D eigenvalue weighted by Crippen LogP contribution is 2.14. The van der Waals surface area contributed by atoms with E-state index in [-0.39, 0.29) is 5.56 Å². The van der Waals surface area contributed by atoms with Gasteiger partial charge in [0.2, 0.25) is 0 Å². The van der Waals surface area contributed by atoms with Crippen LogP contribution in [0.25, 0.3) is 17.0 Å². The van der Waals surface area contributed by atoms with Crippen LogP contribution in [0, 0.1) is 0 Å². The van der Waals surface area contributed by atoms with Crippen LogP contribution in [0.4, 0.5) is 0 Å². The summed E-state index contributed by atoms with van der Waals surface area (Å²) in [7, 11) is 0. The van der Waals surface area contributed by atoms with E-state index < -0.39 is 5.97 Å². The first-order valence-electron chi connectivity index (χ1n) is 5.67. The summed E-state index contributed by atoms with van der Waals surface area (Å²) in [6.45, 7) is 2.05. The highest BCUT2D eigenvalue weighted by molar-refractivity contribution is 5.87. The molecule has 18 heavy (non-hydrogen) atoms. The molecule has 2 N–H and O–H groups in total. The van der Waals surface area contributed by atoms with E-state index >= 15 is 0 Å². The number of aryl methyl sites for hydroxylation is 1. The maximum atomic E-state index is 11.7. The topological polar surface area (TPSA) is 70.2 Å². The molecule has 0 spiro atoms. The lowest BCUT2D eigenvalue weighted by molar-refractivity contribution is -0.131. The molecule has 0 aliphatic heterocycles. The van der Waals surface area contributed by atoms with Crippen molar-refractivity contribution in [3.8, 4) is 0 Å². The van der Waals surface area contributed by atoms with Crippen LogP contribution < -0.4 is 5.56 Å². The maximum Gasteiger partial charge on any atom is 0.328 e. The molecule has 0 saturated carbocycles. The number of H-pyrrole nitrogens is 1. The van der Waals surface area contributed by atoms with Crippen molar-refractivity contribution in [1.29, 1.82) is 0 Å². The van der Waals surface area contributed by atoms with Crippen LogP contribution in [0.1, 0.15) is 18.1 Å². The van der Waals surface area contributed by atoms with Crippen LogP contribution in [-0.4, -0.2) is 16.1 Å². The fourth-order valence-corrected chi connectivity index (χ4v) is 1.78. The predicted molar refractivity (Wildman–Crippen MR) is 70.6 cm³/mol. The average Bonchev–Trinajstić information content (AvgIpc) is 2.35. The Morgan fingerprint density at radius 3 is 2.83 bits per heavy atom. The molecule has 0 fully saturated rings. The lowest BCUT2D eigenvalue weighted by Crippen LogP contribution is -2.09. The second-order valence-electron chi connectivity index (χ2n) is 4.00. The number of rotatable bonds is 3. The Morgan fingerprint density at radius 2 is 2.17 bits per heavy atom. The van der Waals surface area contributed by atoms with E-state index in [1.165, 1.54) is 11.6 Å². The number of carboxylic acid groups (broad SMARTS) is 1. The number of benzene rings is 1. The number of nitrogens with one attached hydrogen (secondary N) is 1. The molecular formula is C14H13NO3. The zero-order valence-corrected chi connectivity index (χ0v) is 9.93. The molecule has 0 bridgehead atoms. The van der Waals surface area contributed by atoms with Gasteiger partial charge in [0.25, 0.3) is 5.56 Å². The van der Waals surface area contributed by atoms with Gasteiger partial charge in [-0.05, 0) is 41.6 Å². The Hall–Kier alpha value is -2.36. The number of aromatic nitrogens is 1. The zero-order chi connectivity index (χ0) is 13.1. The fraction of sp³-hybridized carbons (Fsp3) is 0.143. The Bertz CT molecular complexity index is 683. The quantitative estimate of drug-likeness (QED) is 0.812. The van der Waals surface area contributed by atoms with Crippen molar-refractivity contribution >= 4 is 22.9 Å². The van der Waals surface area contributed by atoms with Crippen LogP contribution in [0.15, 0.2) is 35.1 Å². The molecule has 1 heterocycles. The summed E-state index contributed by atoms with van der Waals surface area (Å²) < 4.78 is 0. The van der Waals surface area contributed by atoms with Crippen LogP contribution in [0.3, 0.4) is 0 Å². The van der Waals surface area contributed by atoms with E-state index in [4.69, 9.17) is 5.11 Å². The predicted octanol–water partition coefficient (Wildman–Crippen LogP) is 2.19. The SMILES string of the molecule is CCc1ccc2[nH]c(=O)c(/C=C/C(=O)O)cc2c1. The first-order valence-corrected chi connectivity index (χ1v) is 5.67. The van der Waals surface area contributed by atoms with E-state index in [9.17, 15) is 9.59 Å². The lowest BCUT2D eigenvalue weighted by Gasteiger charge is -2.02. The first-order chi connectivity index (χ1) is 8.60. The van der Waals surface area contributed by atoms with Gasteiger partial charge in [-0.1, -0.05) is 13.0 Å². The van der Waals surface area contributed by atoms with Gasteiger partial charge in [0.05, 0.1) is 0 Å². The molecule has 1 aromatic carbocycles. The van der Waals surface area contributed by atoms with Crippen molar-refractivity contribution in [1.82, 2.24) is 4.98 Å². The molecule has 1 aromatic heterocycles. The second kappa shape index (κ2) is 4.87. The summed E-state index contributed by atoms with van der Waals surface area (Å²) >= 11 is 0. The Labute approximate surface area is 104 Å². The molecular weight excluding hydrogens is 230 g/mol. The second-order valence-corrected chi connectivity index (χ2v) is 4.00. The van der Waals surface area contributed by atoms with Gasteiger partial charge in [-0.2, -0.15) is 0 Å². The van der Waals surface area contributed by atoms with Gasteiger partial charge in [-0.25, -0.2) is 4.79 Å². The third-order valence-corrected chi connectivity index (χ3v) is 2.75. The van der Waals surface area contributed by atoms with Crippen molar-refractivity contribution < 1.29 is 9.90 Å². The number of aromatic amines is 1. The summed E-state index contributed by atoms with van der Waals surface area (Å²) in [5.74, 6) is -1.07. The van der Waals surface area contributed by atoms with Gasteiger partial charge in [-0.15, -0.1) is 0 Å². The maximum absolute atomic E-state index is 11.7. The van der Waals surface area contributed by atoms with Crippen molar-refractivity contribution in [2.45, 2.75) is 13.3 Å². The molecule has 0 aliphatic rings. The molecule has 4 heteroatoms. The van der Waals surface area contributed by atoms with Crippen molar-refractivity contribution in [3.63, 3.8) is 0 Å². The van der Waals surface area contributed by atoms with Crippen molar-refractivity contribution in [3.05, 3.63) is 51.8 Å². The van der Waals surface area contributed by atoms with Gasteiger partial charge < -0.3 is 10.1 Å². The zero-order valence-electron chi connectivity index (χ0n) is 9.93. The molecule has 0 radical (unpaired) electrons. The summed E-state index contributed by atoms with van der Waals surface area (Å²) in [4.78, 5) is 24.9. The van der Waals surface area contributed by atoms with Crippen molar-refractivity contribution in [2.24, 2.45) is 0 Å². The first kappa shape index (κ1) is 12.1. The lowest BCUT2D eigenvalue weighted by atomic mass is 10.1. The highest BCUT2D eigenvalue weighted by Gasteiger charge is 2.01. The number of carbonyl (C=O) groups is 1. The van der Waals surface area contributed by atoms with Crippen LogP contribution in [0.5, 0.6) is 0 Å². The fourth-order valence-electron chi connectivity index (χ4n) is 1.78. The van der Waals surface area contributed by atoms with Gasteiger partial charge in [0.15, 0.2) is 0 Å². The molecule has 92 valence electrons. The smallest absolute Gasteiger partial charge is 0.328 e. The third kappa shape index (κ3) is 2.48. The summed E-state index contributed by atoms with van der Waals surface area (Å²) in [6, 6.07) is 7.52. The minimum absolute atomic E-state index is 0.288. The molecule has 0 atom stereocenters. The van der Waals surface area contributed by atoms with E-state index in [1.54, 1.807) is 6.07 Å². The summed E-state index contributed by atoms with van der Waals surface area (Å²) in [5, 5.41) is 9.46. The van der Waals surface area contributed by atoms with Gasteiger partial charge in [0.1, 0.15) is 0 Å². The van der Waals surface area contributed by atoms with Crippen LogP contribution >= 0.6 is 0 Å². The van der Waals surface area contributed by atoms with Gasteiger partial charge in [0, 0.05) is 17.2 Å². The molecule has 2 aromatic rings. The number of aliphatic carboxylic acids is 1. The average molecular weight is 243 g/mol.